The van der Waals surface area contributed by atoms with Crippen molar-refractivity contribution in [1.82, 2.24) is 0 Å². The number of amides is 1. The van der Waals surface area contributed by atoms with Gasteiger partial charge in [0.2, 0.25) is 5.91 Å². The van der Waals surface area contributed by atoms with Gasteiger partial charge in [-0.25, -0.2) is 0 Å². The molecule has 1 aliphatic heterocycles. The van der Waals surface area contributed by atoms with Crippen LogP contribution in [0.15, 0.2) is 24.3 Å². The molecule has 0 aliphatic carbocycles. The summed E-state index contributed by atoms with van der Waals surface area (Å²) in [7, 11) is 0. The molecule has 0 bridgehead atoms. The third-order valence-corrected chi connectivity index (χ3v) is 2.90. The van der Waals surface area contributed by atoms with Crippen LogP contribution >= 0.6 is 0 Å². The smallest absolute Gasteiger partial charge is 0.246 e. The molecule has 0 fully saturated rings. The molecule has 1 aliphatic rings. The van der Waals surface area contributed by atoms with Crippen molar-refractivity contribution in [3.63, 3.8) is 0 Å². The molecule has 0 saturated carbocycles. The van der Waals surface area contributed by atoms with Crippen LogP contribution in [0.3, 0.4) is 0 Å². The highest BCUT2D eigenvalue weighted by molar-refractivity contribution is 6.03. The Balaban J connectivity index is 2.39. The number of anilines is 2. The number of nitrogens with one attached hydrogen (secondary N) is 1. The molecule has 3 N–H and O–H groups in total. The Hall–Kier alpha value is -1.55. The zero-order chi connectivity index (χ0) is 12.6. The molecule has 1 atom stereocenters. The number of nitrogens with zero attached hydrogens (tertiary/aromatic N) is 1. The first-order valence-electron chi connectivity index (χ1n) is 5.84. The number of nitrogens with two attached hydrogens (primary N) is 1. The quantitative estimate of drug-likeness (QED) is 0.815. The minimum atomic E-state index is -0.334. The van der Waals surface area contributed by atoms with E-state index in [0.29, 0.717) is 6.54 Å². The van der Waals surface area contributed by atoms with Crippen molar-refractivity contribution in [3.05, 3.63) is 24.3 Å². The molecular formula is C13H19N3O. The SMILES string of the molecule is CC1C(=O)Nc2ccccc2N1CC(C)(C)N. The van der Waals surface area contributed by atoms with E-state index in [1.165, 1.54) is 0 Å². The molecule has 1 aromatic rings. The highest BCUT2D eigenvalue weighted by Gasteiger charge is 2.31. The monoisotopic (exact) mass is 233 g/mol. The number of rotatable bonds is 2. The van der Waals surface area contributed by atoms with E-state index in [9.17, 15) is 4.79 Å². The molecule has 0 radical (unpaired) electrons. The molecule has 0 spiro atoms. The zero-order valence-electron chi connectivity index (χ0n) is 10.5. The summed E-state index contributed by atoms with van der Waals surface area (Å²) in [4.78, 5) is 13.9. The first-order valence-corrected chi connectivity index (χ1v) is 5.84. The molecular weight excluding hydrogens is 214 g/mol. The summed E-state index contributed by atoms with van der Waals surface area (Å²) in [5.74, 6) is 0.0212. The van der Waals surface area contributed by atoms with E-state index >= 15 is 0 Å². The van der Waals surface area contributed by atoms with Gasteiger partial charge in [0.25, 0.3) is 0 Å². The Morgan fingerprint density at radius 3 is 2.71 bits per heavy atom. The van der Waals surface area contributed by atoms with Gasteiger partial charge in [0.15, 0.2) is 0 Å². The van der Waals surface area contributed by atoms with Crippen molar-refractivity contribution in [1.29, 1.82) is 0 Å². The molecule has 2 rings (SSSR count). The van der Waals surface area contributed by atoms with Gasteiger partial charge >= 0.3 is 0 Å². The lowest BCUT2D eigenvalue weighted by Gasteiger charge is -2.39. The van der Waals surface area contributed by atoms with Gasteiger partial charge in [-0.3, -0.25) is 4.79 Å². The first kappa shape index (κ1) is 11.9. The van der Waals surface area contributed by atoms with Gasteiger partial charge < -0.3 is 16.0 Å². The number of para-hydroxylation sites is 2. The Kier molecular flexibility index (Phi) is 2.83. The summed E-state index contributed by atoms with van der Waals surface area (Å²) in [5.41, 5.74) is 7.62. The standard InChI is InChI=1S/C13H19N3O/c1-9-12(17)15-10-6-4-5-7-11(10)16(9)8-13(2,3)14/h4-7,9H,8,14H2,1-3H3,(H,15,17). The number of benzene rings is 1. The van der Waals surface area contributed by atoms with E-state index in [-0.39, 0.29) is 17.5 Å². The van der Waals surface area contributed by atoms with Crippen molar-refractivity contribution in [2.24, 2.45) is 5.73 Å². The summed E-state index contributed by atoms with van der Waals surface area (Å²) >= 11 is 0. The van der Waals surface area contributed by atoms with Gasteiger partial charge in [0.1, 0.15) is 6.04 Å². The van der Waals surface area contributed by atoms with Crippen LogP contribution in [0.4, 0.5) is 11.4 Å². The average molecular weight is 233 g/mol. The van der Waals surface area contributed by atoms with Crippen LogP contribution in [0.5, 0.6) is 0 Å². The normalized spacial score (nSPS) is 19.9. The van der Waals surface area contributed by atoms with E-state index in [0.717, 1.165) is 11.4 Å². The lowest BCUT2D eigenvalue weighted by molar-refractivity contribution is -0.117. The maximum absolute atomic E-state index is 11.9. The molecule has 0 saturated heterocycles. The van der Waals surface area contributed by atoms with Crippen LogP contribution in [0.25, 0.3) is 0 Å². The third-order valence-electron chi connectivity index (χ3n) is 2.90. The van der Waals surface area contributed by atoms with E-state index in [1.54, 1.807) is 0 Å². The second kappa shape index (κ2) is 4.04. The van der Waals surface area contributed by atoms with Gasteiger partial charge in [-0.15, -0.1) is 0 Å². The minimum Gasteiger partial charge on any atom is -0.356 e. The highest BCUT2D eigenvalue weighted by atomic mass is 16.2. The molecule has 1 unspecified atom stereocenters. The van der Waals surface area contributed by atoms with Crippen molar-refractivity contribution in [2.45, 2.75) is 32.4 Å². The number of hydrogen-bond donors (Lipinski definition) is 2. The highest BCUT2D eigenvalue weighted by Crippen LogP contribution is 2.32. The molecule has 92 valence electrons. The number of fused-ring (bicyclic) bond motifs is 1. The van der Waals surface area contributed by atoms with Crippen LogP contribution in [-0.4, -0.2) is 24.0 Å². The largest absolute Gasteiger partial charge is 0.356 e. The summed E-state index contributed by atoms with van der Waals surface area (Å²) in [5, 5.41) is 2.90. The predicted octanol–water partition coefficient (Wildman–Crippen LogP) is 1.57. The van der Waals surface area contributed by atoms with Crippen molar-refractivity contribution < 1.29 is 4.79 Å². The van der Waals surface area contributed by atoms with E-state index < -0.39 is 0 Å². The van der Waals surface area contributed by atoms with E-state index in [4.69, 9.17) is 5.73 Å². The molecule has 4 heteroatoms. The van der Waals surface area contributed by atoms with Crippen LogP contribution < -0.4 is 16.0 Å². The van der Waals surface area contributed by atoms with Gasteiger partial charge in [-0.1, -0.05) is 12.1 Å². The zero-order valence-corrected chi connectivity index (χ0v) is 10.5. The second-order valence-electron chi connectivity index (χ2n) is 5.30. The Morgan fingerprint density at radius 1 is 1.41 bits per heavy atom. The Labute approximate surface area is 102 Å². The number of carbonyl (C=O) groups is 1. The predicted molar refractivity (Wildman–Crippen MR) is 70.1 cm³/mol. The lowest BCUT2D eigenvalue weighted by Crippen LogP contribution is -2.54. The van der Waals surface area contributed by atoms with Gasteiger partial charge in [-0.2, -0.15) is 0 Å². The Morgan fingerprint density at radius 2 is 2.06 bits per heavy atom. The summed E-state index contributed by atoms with van der Waals surface area (Å²) < 4.78 is 0. The minimum absolute atomic E-state index is 0.0212. The lowest BCUT2D eigenvalue weighted by atomic mass is 10.0. The van der Waals surface area contributed by atoms with E-state index in [2.05, 4.69) is 10.2 Å². The third kappa shape index (κ3) is 2.42. The molecule has 1 heterocycles. The van der Waals surface area contributed by atoms with Crippen LogP contribution in [0.2, 0.25) is 0 Å². The van der Waals surface area contributed by atoms with Gasteiger partial charge in [0, 0.05) is 12.1 Å². The second-order valence-corrected chi connectivity index (χ2v) is 5.30. The molecule has 0 aromatic heterocycles. The molecule has 4 nitrogen and oxygen atoms in total. The topological polar surface area (TPSA) is 58.4 Å². The summed E-state index contributed by atoms with van der Waals surface area (Å²) in [6.07, 6.45) is 0. The van der Waals surface area contributed by atoms with E-state index in [1.807, 2.05) is 45.0 Å². The fraction of sp³-hybridized carbons (Fsp3) is 0.462. The van der Waals surface area contributed by atoms with Crippen LogP contribution in [-0.2, 0) is 4.79 Å². The molecule has 17 heavy (non-hydrogen) atoms. The first-order chi connectivity index (χ1) is 7.88. The number of hydrogen-bond acceptors (Lipinski definition) is 3. The number of carbonyl (C=O) groups excluding carboxylic acids is 1. The fourth-order valence-corrected chi connectivity index (χ4v) is 2.08. The van der Waals surface area contributed by atoms with Crippen molar-refractivity contribution in [3.8, 4) is 0 Å². The summed E-state index contributed by atoms with van der Waals surface area (Å²) in [6, 6.07) is 7.63. The van der Waals surface area contributed by atoms with Gasteiger partial charge in [-0.05, 0) is 32.9 Å². The maximum atomic E-state index is 11.9. The van der Waals surface area contributed by atoms with Crippen molar-refractivity contribution in [2.75, 3.05) is 16.8 Å². The molecule has 1 amide bonds. The van der Waals surface area contributed by atoms with Gasteiger partial charge in [0.05, 0.1) is 11.4 Å². The average Bonchev–Trinajstić information content (AvgIpc) is 2.23. The van der Waals surface area contributed by atoms with Crippen LogP contribution in [0, 0.1) is 0 Å². The molecule has 1 aromatic carbocycles. The maximum Gasteiger partial charge on any atom is 0.246 e. The van der Waals surface area contributed by atoms with Crippen LogP contribution in [0.1, 0.15) is 20.8 Å². The summed E-state index contributed by atoms with van der Waals surface area (Å²) in [6.45, 7) is 6.49. The van der Waals surface area contributed by atoms with Crippen molar-refractivity contribution >= 4 is 17.3 Å². The fourth-order valence-electron chi connectivity index (χ4n) is 2.08. The Bertz CT molecular complexity index is 437.